The molecule has 0 aliphatic carbocycles. The molecule has 2 rings (SSSR count). The van der Waals surface area contributed by atoms with E-state index in [1.807, 2.05) is 33.8 Å². The molecule has 0 spiro atoms. The van der Waals surface area contributed by atoms with Crippen molar-refractivity contribution in [1.29, 1.82) is 0 Å². The maximum Gasteiger partial charge on any atom is 0.491 e. The molecule has 0 bridgehead atoms. The van der Waals surface area contributed by atoms with Crippen LogP contribution in [0.1, 0.15) is 40.2 Å². The van der Waals surface area contributed by atoms with Crippen molar-refractivity contribution in [3.63, 3.8) is 0 Å². The van der Waals surface area contributed by atoms with Crippen molar-refractivity contribution in [2.24, 2.45) is 0 Å². The molecule has 1 fully saturated rings. The first-order valence-corrected chi connectivity index (χ1v) is 8.64. The molecule has 8 heteroatoms. The molecule has 1 aromatic rings. The van der Waals surface area contributed by atoms with Crippen LogP contribution in [0.3, 0.4) is 0 Å². The first kappa shape index (κ1) is 18.8. The van der Waals surface area contributed by atoms with E-state index >= 15 is 0 Å². The number of aromatic hydroxyl groups is 1. The average molecular weight is 350 g/mol. The van der Waals surface area contributed by atoms with Crippen molar-refractivity contribution >= 4 is 35.9 Å². The van der Waals surface area contributed by atoms with Crippen LogP contribution in [0.4, 0.5) is 5.82 Å². The first-order valence-electron chi connectivity index (χ1n) is 7.66. The van der Waals surface area contributed by atoms with Crippen molar-refractivity contribution in [3.8, 4) is 5.75 Å². The average Bonchev–Trinajstić information content (AvgIpc) is 2.67. The largest absolute Gasteiger partial charge is 0.504 e. The van der Waals surface area contributed by atoms with Crippen LogP contribution in [0.5, 0.6) is 5.75 Å². The van der Waals surface area contributed by atoms with E-state index in [1.165, 1.54) is 24.8 Å². The molecule has 6 nitrogen and oxygen atoms in total. The molecule has 1 aromatic heterocycles. The minimum absolute atomic E-state index is 0.00990. The van der Waals surface area contributed by atoms with Gasteiger partial charge in [0.15, 0.2) is 16.7 Å². The number of pyridine rings is 1. The highest BCUT2D eigenvalue weighted by atomic mass is 32.2. The van der Waals surface area contributed by atoms with Gasteiger partial charge in [-0.15, -0.1) is 0 Å². The van der Waals surface area contributed by atoms with Gasteiger partial charge in [0.2, 0.25) is 0 Å². The maximum atomic E-state index is 11.4. The lowest BCUT2D eigenvalue weighted by Crippen LogP contribution is -2.41. The number of carbonyl (C=O) groups is 1. The molecule has 3 N–H and O–H groups in total. The number of carbonyl (C=O) groups excluding carboxylic acids is 1. The highest BCUT2D eigenvalue weighted by molar-refractivity contribution is 8.13. The van der Waals surface area contributed by atoms with Gasteiger partial charge < -0.3 is 20.1 Å². The zero-order valence-corrected chi connectivity index (χ0v) is 15.4. The lowest BCUT2D eigenvalue weighted by Gasteiger charge is -2.32. The summed E-state index contributed by atoms with van der Waals surface area (Å²) in [5.41, 5.74) is 6.04. The van der Waals surface area contributed by atoms with Gasteiger partial charge >= 0.3 is 7.12 Å². The van der Waals surface area contributed by atoms with Crippen LogP contribution in [0.2, 0.25) is 0 Å². The number of rotatable bonds is 4. The predicted molar refractivity (Wildman–Crippen MR) is 97.5 cm³/mol. The Hall–Kier alpha value is -1.51. The molecule has 1 aliphatic rings. The monoisotopic (exact) mass is 350 g/mol. The van der Waals surface area contributed by atoms with E-state index in [2.05, 4.69) is 4.98 Å². The van der Waals surface area contributed by atoms with E-state index in [-0.39, 0.29) is 16.7 Å². The topological polar surface area (TPSA) is 94.7 Å². The fraction of sp³-hybridized carbons (Fsp3) is 0.500. The van der Waals surface area contributed by atoms with Gasteiger partial charge in [0, 0.05) is 18.9 Å². The van der Waals surface area contributed by atoms with Gasteiger partial charge in [0.1, 0.15) is 0 Å². The van der Waals surface area contributed by atoms with Crippen LogP contribution in [0.25, 0.3) is 6.08 Å². The smallest absolute Gasteiger partial charge is 0.491 e. The Kier molecular flexibility index (Phi) is 5.32. The molecule has 130 valence electrons. The fourth-order valence-electron chi connectivity index (χ4n) is 2.13. The summed E-state index contributed by atoms with van der Waals surface area (Å²) in [5, 5.41) is 9.73. The minimum Gasteiger partial charge on any atom is -0.504 e. The predicted octanol–water partition coefficient (Wildman–Crippen LogP) is 2.66. The second-order valence-electron chi connectivity index (χ2n) is 6.76. The maximum absolute atomic E-state index is 11.4. The van der Waals surface area contributed by atoms with Gasteiger partial charge in [-0.05, 0) is 44.8 Å². The number of hydrogen-bond acceptors (Lipinski definition) is 7. The summed E-state index contributed by atoms with van der Waals surface area (Å²) in [7, 11) is -0.568. The van der Waals surface area contributed by atoms with Gasteiger partial charge in [-0.3, -0.25) is 4.79 Å². The second-order valence-corrected chi connectivity index (χ2v) is 7.91. The van der Waals surface area contributed by atoms with Crippen molar-refractivity contribution < 1.29 is 19.2 Å². The Morgan fingerprint density at radius 2 is 1.96 bits per heavy atom. The lowest BCUT2D eigenvalue weighted by molar-refractivity contribution is -0.109. The van der Waals surface area contributed by atoms with Crippen LogP contribution >= 0.6 is 11.8 Å². The molecular formula is C16H23BN2O4S. The number of thioether (sulfide) groups is 1. The van der Waals surface area contributed by atoms with Gasteiger partial charge in [0.25, 0.3) is 0 Å². The van der Waals surface area contributed by atoms with E-state index in [0.29, 0.717) is 11.3 Å². The number of nitrogens with zero attached hydrogens (tertiary/aromatic N) is 1. The summed E-state index contributed by atoms with van der Waals surface area (Å²) in [4.78, 5) is 15.3. The molecule has 1 aliphatic heterocycles. The number of nitrogens with two attached hydrogens (primary N) is 1. The third-order valence-electron chi connectivity index (χ3n) is 4.27. The Labute approximate surface area is 147 Å². The number of aromatic nitrogens is 1. The van der Waals surface area contributed by atoms with Crippen LogP contribution in [0.15, 0.2) is 17.7 Å². The number of nitrogen functional groups attached to an aromatic ring is 1. The quantitative estimate of drug-likeness (QED) is 0.806. The third-order valence-corrected chi connectivity index (χ3v) is 5.15. The Morgan fingerprint density at radius 3 is 2.46 bits per heavy atom. The summed E-state index contributed by atoms with van der Waals surface area (Å²) >= 11 is 1.18. The molecule has 0 atom stereocenters. The van der Waals surface area contributed by atoms with Gasteiger partial charge in [0.05, 0.1) is 11.2 Å². The summed E-state index contributed by atoms with van der Waals surface area (Å²) in [6, 6.07) is 1.52. The van der Waals surface area contributed by atoms with Crippen LogP contribution < -0.4 is 5.73 Å². The summed E-state index contributed by atoms with van der Waals surface area (Å²) in [6.45, 7) is 9.40. The van der Waals surface area contributed by atoms with Gasteiger partial charge in [-0.25, -0.2) is 4.98 Å². The SMILES string of the molecule is CC(=O)SCC(=Cc1cnc(N)c(O)c1)B1OC(C)(C)C(C)(C)O1. The Balaban J connectivity index is 2.33. The minimum atomic E-state index is -0.568. The van der Waals surface area contributed by atoms with Crippen LogP contribution in [-0.4, -0.2) is 39.3 Å². The Bertz CT molecular complexity index is 660. The highest BCUT2D eigenvalue weighted by Gasteiger charge is 2.52. The molecule has 0 radical (unpaired) electrons. The van der Waals surface area contributed by atoms with Gasteiger partial charge in [-0.1, -0.05) is 17.8 Å². The van der Waals surface area contributed by atoms with E-state index in [0.717, 1.165) is 5.47 Å². The third kappa shape index (κ3) is 4.12. The highest BCUT2D eigenvalue weighted by Crippen LogP contribution is 2.39. The molecule has 0 aromatic carbocycles. The molecule has 24 heavy (non-hydrogen) atoms. The van der Waals surface area contributed by atoms with Crippen LogP contribution in [0, 0.1) is 0 Å². The van der Waals surface area contributed by atoms with Crippen molar-refractivity contribution in [1.82, 2.24) is 4.98 Å². The first-order chi connectivity index (χ1) is 11.0. The zero-order chi connectivity index (χ0) is 18.1. The van der Waals surface area contributed by atoms with E-state index < -0.39 is 18.3 Å². The van der Waals surface area contributed by atoms with E-state index in [4.69, 9.17) is 15.0 Å². The second kappa shape index (κ2) is 6.78. The number of hydrogen-bond donors (Lipinski definition) is 2. The summed E-state index contributed by atoms with van der Waals surface area (Å²) in [6.07, 6.45) is 3.36. The lowest BCUT2D eigenvalue weighted by atomic mass is 9.78. The Morgan fingerprint density at radius 1 is 1.38 bits per heavy atom. The van der Waals surface area contributed by atoms with Gasteiger partial charge in [-0.2, -0.15) is 0 Å². The van der Waals surface area contributed by atoms with Crippen molar-refractivity contribution in [3.05, 3.63) is 23.3 Å². The summed E-state index contributed by atoms with van der Waals surface area (Å²) in [5.74, 6) is 0.413. The molecule has 0 amide bonds. The molecule has 0 unspecified atom stereocenters. The fourth-order valence-corrected chi connectivity index (χ4v) is 2.72. The normalized spacial score (nSPS) is 19.5. The molecule has 0 saturated carbocycles. The zero-order valence-electron chi connectivity index (χ0n) is 14.6. The molecule has 2 heterocycles. The van der Waals surface area contributed by atoms with Crippen molar-refractivity contribution in [2.75, 3.05) is 11.5 Å². The van der Waals surface area contributed by atoms with Crippen molar-refractivity contribution in [2.45, 2.75) is 45.8 Å². The van der Waals surface area contributed by atoms with E-state index in [1.54, 1.807) is 6.20 Å². The molecule has 1 saturated heterocycles. The standard InChI is InChI=1S/C16H23BN2O4S/c1-10(20)24-9-12(6-11-7-13(21)14(18)19-8-11)17-22-15(2,3)16(4,5)23-17/h6-8,21H,9H2,1-5H3,(H2,18,19). The van der Waals surface area contributed by atoms with E-state index in [9.17, 15) is 9.90 Å². The summed E-state index contributed by atoms with van der Waals surface area (Å²) < 4.78 is 12.1. The van der Waals surface area contributed by atoms with Crippen LogP contribution in [-0.2, 0) is 14.1 Å². The number of anilines is 1. The molecular weight excluding hydrogens is 327 g/mol.